The first-order valence-corrected chi connectivity index (χ1v) is 9.57. The number of rotatable bonds is 9. The number of ether oxygens (including phenoxy) is 3. The fourth-order valence-electron chi connectivity index (χ4n) is 2.83. The molecule has 0 aliphatic heterocycles. The number of tetrazole rings is 1. The number of pyridine rings is 1. The van der Waals surface area contributed by atoms with Crippen LogP contribution in [0.4, 0.5) is 0 Å². The topological polar surface area (TPSA) is 164 Å². The molecule has 0 aliphatic rings. The smallest absolute Gasteiger partial charge is 0.271 e. The van der Waals surface area contributed by atoms with Crippen LogP contribution in [0.15, 0.2) is 55.3 Å². The highest BCUT2D eigenvalue weighted by atomic mass is 16.5. The van der Waals surface area contributed by atoms with Crippen molar-refractivity contribution in [2.24, 2.45) is 5.73 Å². The molecule has 0 aliphatic carbocycles. The predicted octanol–water partition coefficient (Wildman–Crippen LogP) is 2.18. The zero-order valence-corrected chi connectivity index (χ0v) is 17.4. The van der Waals surface area contributed by atoms with Crippen LogP contribution in [0.5, 0.6) is 23.1 Å². The van der Waals surface area contributed by atoms with Crippen LogP contribution in [0.2, 0.25) is 0 Å². The molecule has 33 heavy (non-hydrogen) atoms. The van der Waals surface area contributed by atoms with Gasteiger partial charge in [0.25, 0.3) is 11.8 Å². The van der Waals surface area contributed by atoms with Crippen molar-refractivity contribution in [2.45, 2.75) is 0 Å². The number of benzene rings is 1. The standard InChI is InChI=1S/C21H18N8O4/c1-3-10-32-21-17(33-15-7-5-4-6-14(15)31-2)16(18(22)30)24-19(25-21)12-8-9-23-13(11-12)20-26-28-29-27-20/h3-9,11H,1,10H2,2H3,(H2,22,30)(H,26,27,28,29). The molecular weight excluding hydrogens is 428 g/mol. The minimum atomic E-state index is -0.833. The number of amides is 1. The van der Waals surface area contributed by atoms with E-state index >= 15 is 0 Å². The number of nitrogens with zero attached hydrogens (tertiary/aromatic N) is 6. The quantitative estimate of drug-likeness (QED) is 0.364. The van der Waals surface area contributed by atoms with Gasteiger partial charge in [0, 0.05) is 11.8 Å². The van der Waals surface area contributed by atoms with Crippen molar-refractivity contribution in [2.75, 3.05) is 13.7 Å². The molecule has 1 aromatic carbocycles. The van der Waals surface area contributed by atoms with Crippen LogP contribution in [0.25, 0.3) is 22.9 Å². The zero-order valence-electron chi connectivity index (χ0n) is 17.4. The van der Waals surface area contributed by atoms with Gasteiger partial charge in [-0.2, -0.15) is 4.98 Å². The molecule has 4 aromatic rings. The average Bonchev–Trinajstić information content (AvgIpc) is 3.38. The Hall–Kier alpha value is -4.87. The molecule has 0 atom stereocenters. The summed E-state index contributed by atoms with van der Waals surface area (Å²) in [7, 11) is 1.50. The Balaban J connectivity index is 1.84. The number of carbonyl (C=O) groups excluding carboxylic acids is 1. The molecule has 3 aromatic heterocycles. The normalized spacial score (nSPS) is 10.5. The van der Waals surface area contributed by atoms with Crippen LogP contribution < -0.4 is 19.9 Å². The van der Waals surface area contributed by atoms with E-state index in [0.29, 0.717) is 28.6 Å². The van der Waals surface area contributed by atoms with Gasteiger partial charge in [0.2, 0.25) is 5.75 Å². The number of aromatic nitrogens is 7. The van der Waals surface area contributed by atoms with Crippen LogP contribution in [-0.2, 0) is 0 Å². The van der Waals surface area contributed by atoms with Gasteiger partial charge in [0.15, 0.2) is 28.8 Å². The van der Waals surface area contributed by atoms with E-state index in [1.165, 1.54) is 19.4 Å². The molecule has 3 N–H and O–H groups in total. The monoisotopic (exact) mass is 446 g/mol. The number of nitrogens with one attached hydrogen (secondary N) is 1. The Labute approximate surface area is 187 Å². The summed E-state index contributed by atoms with van der Waals surface area (Å²) in [5, 5.41) is 13.6. The highest BCUT2D eigenvalue weighted by molar-refractivity contribution is 5.95. The van der Waals surface area contributed by atoms with E-state index in [4.69, 9.17) is 19.9 Å². The van der Waals surface area contributed by atoms with Gasteiger partial charge in [-0.3, -0.25) is 9.78 Å². The highest BCUT2D eigenvalue weighted by Gasteiger charge is 2.24. The first-order chi connectivity index (χ1) is 16.1. The van der Waals surface area contributed by atoms with Gasteiger partial charge < -0.3 is 19.9 Å². The molecule has 166 valence electrons. The summed E-state index contributed by atoms with van der Waals surface area (Å²) in [5.41, 5.74) is 6.42. The third-order valence-corrected chi connectivity index (χ3v) is 4.29. The second-order valence-corrected chi connectivity index (χ2v) is 6.43. The molecule has 0 saturated carbocycles. The number of primary amides is 1. The Kier molecular flexibility index (Phi) is 6.16. The summed E-state index contributed by atoms with van der Waals surface area (Å²) in [6.07, 6.45) is 3.06. The third kappa shape index (κ3) is 4.58. The van der Waals surface area contributed by atoms with Crippen LogP contribution >= 0.6 is 0 Å². The first-order valence-electron chi connectivity index (χ1n) is 9.57. The lowest BCUT2D eigenvalue weighted by molar-refractivity contribution is 0.0992. The van der Waals surface area contributed by atoms with E-state index in [-0.39, 0.29) is 29.8 Å². The summed E-state index contributed by atoms with van der Waals surface area (Å²) in [6, 6.07) is 10.2. The molecule has 12 heteroatoms. The SMILES string of the molecule is C=CCOc1nc(-c2ccnc(-c3nnn[nH]3)c2)nc(C(N)=O)c1Oc1ccccc1OC. The number of hydrogen-bond donors (Lipinski definition) is 2. The highest BCUT2D eigenvalue weighted by Crippen LogP contribution is 2.38. The first kappa shape index (κ1) is 21.4. The van der Waals surface area contributed by atoms with Gasteiger partial charge in [0.05, 0.1) is 7.11 Å². The van der Waals surface area contributed by atoms with Crippen molar-refractivity contribution in [3.8, 4) is 46.0 Å². The number of carbonyl (C=O) groups is 1. The largest absolute Gasteiger partial charge is 0.493 e. The van der Waals surface area contributed by atoms with E-state index < -0.39 is 5.91 Å². The van der Waals surface area contributed by atoms with Gasteiger partial charge in [0.1, 0.15) is 12.3 Å². The Morgan fingerprint density at radius 3 is 2.73 bits per heavy atom. The number of hydrogen-bond acceptors (Lipinski definition) is 10. The van der Waals surface area contributed by atoms with Gasteiger partial charge in [-0.15, -0.1) is 5.10 Å². The molecule has 0 bridgehead atoms. The fraction of sp³-hybridized carbons (Fsp3) is 0.0952. The Bertz CT molecular complexity index is 1290. The number of methoxy groups -OCH3 is 1. The van der Waals surface area contributed by atoms with Gasteiger partial charge in [-0.25, -0.2) is 10.1 Å². The van der Waals surface area contributed by atoms with Crippen LogP contribution in [0.1, 0.15) is 10.5 Å². The molecule has 0 saturated heterocycles. The molecule has 3 heterocycles. The van der Waals surface area contributed by atoms with Crippen LogP contribution in [0, 0.1) is 0 Å². The summed E-state index contributed by atoms with van der Waals surface area (Å²) < 4.78 is 16.9. The predicted molar refractivity (Wildman–Crippen MR) is 116 cm³/mol. The third-order valence-electron chi connectivity index (χ3n) is 4.29. The van der Waals surface area contributed by atoms with E-state index in [1.54, 1.807) is 36.4 Å². The second kappa shape index (κ2) is 9.51. The maximum atomic E-state index is 12.3. The van der Waals surface area contributed by atoms with Crippen molar-refractivity contribution < 1.29 is 19.0 Å². The number of aromatic amines is 1. The average molecular weight is 446 g/mol. The van der Waals surface area contributed by atoms with E-state index in [1.807, 2.05) is 0 Å². The molecule has 0 spiro atoms. The summed E-state index contributed by atoms with van der Waals surface area (Å²) in [5.74, 6) is 0.390. The number of H-pyrrole nitrogens is 1. The van der Waals surface area contributed by atoms with Crippen LogP contribution in [0.3, 0.4) is 0 Å². The van der Waals surface area contributed by atoms with E-state index in [0.717, 1.165) is 0 Å². The Morgan fingerprint density at radius 1 is 1.21 bits per heavy atom. The van der Waals surface area contributed by atoms with Crippen molar-refractivity contribution in [3.05, 3.63) is 60.9 Å². The lowest BCUT2D eigenvalue weighted by atomic mass is 10.2. The molecule has 0 fully saturated rings. The van der Waals surface area contributed by atoms with Crippen LogP contribution in [-0.4, -0.2) is 55.2 Å². The van der Waals surface area contributed by atoms with E-state index in [2.05, 4.69) is 42.2 Å². The molecule has 12 nitrogen and oxygen atoms in total. The van der Waals surface area contributed by atoms with Crippen molar-refractivity contribution >= 4 is 5.91 Å². The maximum Gasteiger partial charge on any atom is 0.271 e. The fourth-order valence-corrected chi connectivity index (χ4v) is 2.83. The van der Waals surface area contributed by atoms with Crippen molar-refractivity contribution in [1.82, 2.24) is 35.6 Å². The minimum absolute atomic E-state index is 0.000648. The molecule has 0 unspecified atom stereocenters. The molecular formula is C21H18N8O4. The summed E-state index contributed by atoms with van der Waals surface area (Å²) in [6.45, 7) is 3.74. The summed E-state index contributed by atoms with van der Waals surface area (Å²) in [4.78, 5) is 25.3. The second-order valence-electron chi connectivity index (χ2n) is 6.43. The minimum Gasteiger partial charge on any atom is -0.493 e. The van der Waals surface area contributed by atoms with Crippen molar-refractivity contribution in [3.63, 3.8) is 0 Å². The zero-order chi connectivity index (χ0) is 23.2. The van der Waals surface area contributed by atoms with Gasteiger partial charge in [-0.05, 0) is 34.7 Å². The molecule has 0 radical (unpaired) electrons. The van der Waals surface area contributed by atoms with Gasteiger partial charge >= 0.3 is 0 Å². The summed E-state index contributed by atoms with van der Waals surface area (Å²) >= 11 is 0. The lowest BCUT2D eigenvalue weighted by Crippen LogP contribution is -2.17. The van der Waals surface area contributed by atoms with Crippen molar-refractivity contribution in [1.29, 1.82) is 0 Å². The Morgan fingerprint density at radius 2 is 2.03 bits per heavy atom. The number of para-hydroxylation sites is 2. The lowest BCUT2D eigenvalue weighted by Gasteiger charge is -2.16. The number of nitrogens with two attached hydrogens (primary N) is 1. The molecule has 1 amide bonds. The van der Waals surface area contributed by atoms with E-state index in [9.17, 15) is 4.79 Å². The van der Waals surface area contributed by atoms with Gasteiger partial charge in [-0.1, -0.05) is 24.8 Å². The molecule has 4 rings (SSSR count). The maximum absolute atomic E-state index is 12.3.